The van der Waals surface area contributed by atoms with E-state index in [0.29, 0.717) is 11.3 Å². The number of hydrogen-bond acceptors (Lipinski definition) is 3. The molecule has 0 heterocycles. The van der Waals surface area contributed by atoms with Crippen molar-refractivity contribution in [3.63, 3.8) is 0 Å². The smallest absolute Gasteiger partial charge is 0.251 e. The van der Waals surface area contributed by atoms with Crippen molar-refractivity contribution in [3.8, 4) is 0 Å². The van der Waals surface area contributed by atoms with E-state index in [9.17, 15) is 17.6 Å². The summed E-state index contributed by atoms with van der Waals surface area (Å²) >= 11 is 0. The van der Waals surface area contributed by atoms with Crippen LogP contribution in [0.3, 0.4) is 0 Å². The number of rotatable bonds is 7. The molecule has 0 aliphatic heterocycles. The van der Waals surface area contributed by atoms with Gasteiger partial charge in [-0.25, -0.2) is 12.8 Å². The van der Waals surface area contributed by atoms with Crippen LogP contribution in [-0.2, 0) is 16.6 Å². The Kier molecular flexibility index (Phi) is 6.97. The predicted molar refractivity (Wildman–Crippen MR) is 119 cm³/mol. The van der Waals surface area contributed by atoms with E-state index in [1.165, 1.54) is 28.6 Å². The van der Waals surface area contributed by atoms with Crippen molar-refractivity contribution in [3.05, 3.63) is 65.5 Å². The van der Waals surface area contributed by atoms with Crippen molar-refractivity contribution < 1.29 is 17.6 Å². The van der Waals surface area contributed by atoms with Crippen LogP contribution in [0.25, 0.3) is 0 Å². The summed E-state index contributed by atoms with van der Waals surface area (Å²) in [4.78, 5) is 12.6. The maximum absolute atomic E-state index is 13.2. The minimum absolute atomic E-state index is 0.0795. The highest BCUT2D eigenvalue weighted by Gasteiger charge is 2.27. The summed E-state index contributed by atoms with van der Waals surface area (Å²) < 4.78 is 38.9. The Morgan fingerprint density at radius 3 is 1.97 bits per heavy atom. The van der Waals surface area contributed by atoms with Crippen LogP contribution in [0.1, 0.15) is 57.0 Å². The Morgan fingerprint density at radius 1 is 0.967 bits per heavy atom. The molecule has 5 nitrogen and oxygen atoms in total. The van der Waals surface area contributed by atoms with Crippen LogP contribution in [0, 0.1) is 11.2 Å². The molecule has 1 amide bonds. The molecule has 0 aromatic heterocycles. The highest BCUT2D eigenvalue weighted by molar-refractivity contribution is 7.92. The van der Waals surface area contributed by atoms with E-state index < -0.39 is 15.8 Å². The van der Waals surface area contributed by atoms with Crippen LogP contribution in [0.4, 0.5) is 10.1 Å². The van der Waals surface area contributed by atoms with Crippen molar-refractivity contribution >= 4 is 21.6 Å². The topological polar surface area (TPSA) is 66.5 Å². The molecule has 1 N–H and O–H groups in total. The Labute approximate surface area is 179 Å². The van der Waals surface area contributed by atoms with E-state index in [-0.39, 0.29) is 23.4 Å². The number of benzene rings is 2. The number of nitrogens with zero attached hydrogens (tertiary/aromatic N) is 1. The zero-order chi connectivity index (χ0) is 22.7. The Morgan fingerprint density at radius 2 is 1.50 bits per heavy atom. The van der Waals surface area contributed by atoms with Gasteiger partial charge in [-0.2, -0.15) is 0 Å². The lowest BCUT2D eigenvalue weighted by Crippen LogP contribution is -2.45. The van der Waals surface area contributed by atoms with Gasteiger partial charge in [-0.3, -0.25) is 9.10 Å². The van der Waals surface area contributed by atoms with Gasteiger partial charge in [0.25, 0.3) is 5.91 Å². The van der Waals surface area contributed by atoms with Gasteiger partial charge < -0.3 is 5.32 Å². The average Bonchev–Trinajstić information content (AvgIpc) is 2.57. The van der Waals surface area contributed by atoms with Crippen LogP contribution in [0.5, 0.6) is 0 Å². The highest BCUT2D eigenvalue weighted by atomic mass is 32.2. The zero-order valence-electron chi connectivity index (χ0n) is 18.5. The summed E-state index contributed by atoms with van der Waals surface area (Å²) in [7, 11) is -3.57. The number of nitrogens with one attached hydrogen (secondary N) is 1. The van der Waals surface area contributed by atoms with E-state index in [1.54, 1.807) is 24.3 Å². The first-order valence-corrected chi connectivity index (χ1v) is 11.7. The fraction of sp³-hybridized carbons (Fsp3) is 0.435. The Bertz CT molecular complexity index is 977. The van der Waals surface area contributed by atoms with Crippen LogP contribution < -0.4 is 9.62 Å². The number of carbonyl (C=O) groups is 1. The lowest BCUT2D eigenvalue weighted by atomic mass is 9.81. The first kappa shape index (κ1) is 23.9. The molecule has 0 spiro atoms. The summed E-state index contributed by atoms with van der Waals surface area (Å²) in [5, 5.41) is 3.06. The average molecular weight is 435 g/mol. The van der Waals surface area contributed by atoms with E-state index >= 15 is 0 Å². The van der Waals surface area contributed by atoms with E-state index in [1.807, 2.05) is 13.8 Å². The summed E-state index contributed by atoms with van der Waals surface area (Å²) in [5.74, 6) is -0.605. The minimum Gasteiger partial charge on any atom is -0.347 e. The van der Waals surface area contributed by atoms with Crippen LogP contribution in [0.15, 0.2) is 48.5 Å². The molecule has 0 saturated carbocycles. The van der Waals surface area contributed by atoms with Crippen molar-refractivity contribution in [2.24, 2.45) is 5.41 Å². The molecule has 0 unspecified atom stereocenters. The third-order valence-electron chi connectivity index (χ3n) is 4.48. The molecule has 7 heteroatoms. The summed E-state index contributed by atoms with van der Waals surface area (Å²) in [6, 6.07) is 12.1. The molecule has 2 rings (SSSR count). The van der Waals surface area contributed by atoms with Gasteiger partial charge >= 0.3 is 0 Å². The second kappa shape index (κ2) is 8.76. The molecule has 0 bridgehead atoms. The molecule has 0 atom stereocenters. The monoisotopic (exact) mass is 434 g/mol. The molecular weight excluding hydrogens is 403 g/mol. The molecule has 0 saturated heterocycles. The SMILES string of the molecule is CC(C)(C)CC(C)(C)NC(=O)c1ccc(CN(c2ccc(F)cc2)S(C)(=O)=O)cc1. The molecule has 0 radical (unpaired) electrons. The maximum Gasteiger partial charge on any atom is 0.251 e. The largest absolute Gasteiger partial charge is 0.347 e. The Hall–Kier alpha value is -2.41. The molecule has 0 aliphatic rings. The predicted octanol–water partition coefficient (Wildman–Crippen LogP) is 4.74. The fourth-order valence-electron chi connectivity index (χ4n) is 3.68. The second-order valence-corrected chi connectivity index (χ2v) is 11.4. The van der Waals surface area contributed by atoms with Gasteiger partial charge in [0.05, 0.1) is 18.5 Å². The van der Waals surface area contributed by atoms with Crippen molar-refractivity contribution in [1.82, 2.24) is 5.32 Å². The second-order valence-electron chi connectivity index (χ2n) is 9.52. The van der Waals surface area contributed by atoms with Crippen LogP contribution in [0.2, 0.25) is 0 Å². The standard InChI is InChI=1S/C23H31FN2O3S/c1-22(2,3)16-23(4,5)25-21(27)18-9-7-17(8-10-18)15-26(30(6,28)29)20-13-11-19(24)12-14-20/h7-14H,15-16H2,1-6H3,(H,25,27). The number of sulfonamides is 1. The normalized spacial score (nSPS) is 12.5. The summed E-state index contributed by atoms with van der Waals surface area (Å²) in [6.45, 7) is 10.5. The zero-order valence-corrected chi connectivity index (χ0v) is 19.3. The third kappa shape index (κ3) is 7.13. The summed E-state index contributed by atoms with van der Waals surface area (Å²) in [6.07, 6.45) is 1.93. The number of amides is 1. The van der Waals surface area contributed by atoms with Gasteiger partial charge in [0, 0.05) is 11.1 Å². The molecule has 164 valence electrons. The number of anilines is 1. The lowest BCUT2D eigenvalue weighted by molar-refractivity contribution is 0.0891. The van der Waals surface area contributed by atoms with E-state index in [4.69, 9.17) is 0 Å². The number of halogens is 1. The molecule has 0 aliphatic carbocycles. The molecule has 2 aromatic rings. The molecule has 0 fully saturated rings. The molecule has 2 aromatic carbocycles. The quantitative estimate of drug-likeness (QED) is 0.685. The van der Waals surface area contributed by atoms with Gasteiger partial charge in [-0.15, -0.1) is 0 Å². The van der Waals surface area contributed by atoms with Crippen LogP contribution in [-0.4, -0.2) is 26.1 Å². The number of hydrogen-bond donors (Lipinski definition) is 1. The Balaban J connectivity index is 2.16. The van der Waals surface area contributed by atoms with Crippen molar-refractivity contribution in [1.29, 1.82) is 0 Å². The van der Waals surface area contributed by atoms with Crippen molar-refractivity contribution in [2.75, 3.05) is 10.6 Å². The number of carbonyl (C=O) groups excluding carboxylic acids is 1. The van der Waals surface area contributed by atoms with E-state index in [0.717, 1.165) is 18.2 Å². The van der Waals surface area contributed by atoms with Crippen molar-refractivity contribution in [2.45, 2.75) is 53.1 Å². The highest BCUT2D eigenvalue weighted by Crippen LogP contribution is 2.27. The molecular formula is C23H31FN2O3S. The minimum atomic E-state index is -3.57. The van der Waals surface area contributed by atoms with E-state index in [2.05, 4.69) is 26.1 Å². The first-order valence-electron chi connectivity index (χ1n) is 9.81. The van der Waals surface area contributed by atoms with Crippen LogP contribution >= 0.6 is 0 Å². The lowest BCUT2D eigenvalue weighted by Gasteiger charge is -2.33. The maximum atomic E-state index is 13.2. The van der Waals surface area contributed by atoms with Gasteiger partial charge in [0.15, 0.2) is 0 Å². The van der Waals surface area contributed by atoms with Gasteiger partial charge in [-0.05, 0) is 67.6 Å². The fourth-order valence-corrected chi connectivity index (χ4v) is 4.57. The third-order valence-corrected chi connectivity index (χ3v) is 5.62. The molecule has 30 heavy (non-hydrogen) atoms. The van der Waals surface area contributed by atoms with Gasteiger partial charge in [0.1, 0.15) is 5.82 Å². The summed E-state index contributed by atoms with van der Waals surface area (Å²) in [5.41, 5.74) is 1.33. The van der Waals surface area contributed by atoms with Gasteiger partial charge in [0.2, 0.25) is 10.0 Å². The first-order chi connectivity index (χ1) is 13.7. The van der Waals surface area contributed by atoms with Gasteiger partial charge in [-0.1, -0.05) is 32.9 Å².